The fraction of sp³-hybridized carbons (Fsp3) is 0.462. The Kier molecular flexibility index (Phi) is 4.27. The summed E-state index contributed by atoms with van der Waals surface area (Å²) in [7, 11) is -3.79. The van der Waals surface area contributed by atoms with E-state index in [1.807, 2.05) is 0 Å². The molecule has 1 saturated heterocycles. The Morgan fingerprint density at radius 3 is 2.86 bits per heavy atom. The average molecular weight is 328 g/mol. The van der Waals surface area contributed by atoms with Crippen LogP contribution < -0.4 is 10.0 Å². The molecule has 1 aromatic rings. The van der Waals surface area contributed by atoms with Gasteiger partial charge in [0.25, 0.3) is 10.0 Å². The van der Waals surface area contributed by atoms with Gasteiger partial charge in [0.15, 0.2) is 0 Å². The lowest BCUT2D eigenvalue weighted by atomic mass is 10.3. The third kappa shape index (κ3) is 3.37. The zero-order valence-corrected chi connectivity index (χ0v) is 12.7. The van der Waals surface area contributed by atoms with Crippen molar-refractivity contribution in [1.82, 2.24) is 9.62 Å². The number of anilines is 1. The summed E-state index contributed by atoms with van der Waals surface area (Å²) in [5, 5.41) is 2.87. The van der Waals surface area contributed by atoms with Crippen molar-refractivity contribution in [1.29, 1.82) is 0 Å². The highest BCUT2D eigenvalue weighted by molar-refractivity contribution is 7.90. The Balaban J connectivity index is 1.69. The van der Waals surface area contributed by atoms with Crippen LogP contribution in [-0.4, -0.2) is 58.7 Å². The summed E-state index contributed by atoms with van der Waals surface area (Å²) in [5.41, 5.74) is 0.324. The van der Waals surface area contributed by atoms with E-state index in [1.54, 1.807) is 0 Å². The molecule has 0 amide bonds. The topological polar surface area (TPSA) is 83.0 Å². The molecule has 120 valence electrons. The SMILES string of the molecule is O=S1(=O)NC(=NCCN2CCOCC2)Nc2ccc(F)cc21. The summed E-state index contributed by atoms with van der Waals surface area (Å²) in [6.45, 7) is 4.31. The number of benzene rings is 1. The minimum atomic E-state index is -3.79. The van der Waals surface area contributed by atoms with E-state index in [1.165, 1.54) is 12.1 Å². The zero-order chi connectivity index (χ0) is 15.6. The Bertz CT molecular complexity index is 687. The molecule has 0 spiro atoms. The molecule has 2 aliphatic rings. The molecule has 9 heteroatoms. The fourth-order valence-electron chi connectivity index (χ4n) is 2.36. The molecule has 0 atom stereocenters. The summed E-state index contributed by atoms with van der Waals surface area (Å²) >= 11 is 0. The van der Waals surface area contributed by atoms with E-state index in [4.69, 9.17) is 4.74 Å². The van der Waals surface area contributed by atoms with Crippen LogP contribution in [0.2, 0.25) is 0 Å². The molecule has 0 aromatic heterocycles. The van der Waals surface area contributed by atoms with E-state index in [0.717, 1.165) is 25.7 Å². The van der Waals surface area contributed by atoms with Gasteiger partial charge in [-0.25, -0.2) is 17.5 Å². The van der Waals surface area contributed by atoms with Gasteiger partial charge in [0.2, 0.25) is 5.96 Å². The number of nitrogens with zero attached hydrogens (tertiary/aromatic N) is 2. The van der Waals surface area contributed by atoms with E-state index in [0.29, 0.717) is 25.4 Å². The quantitative estimate of drug-likeness (QED) is 0.829. The van der Waals surface area contributed by atoms with Gasteiger partial charge in [0.05, 0.1) is 25.4 Å². The first-order valence-electron chi connectivity index (χ1n) is 6.98. The predicted octanol–water partition coefficient (Wildman–Crippen LogP) is 0.218. The highest BCUT2D eigenvalue weighted by Gasteiger charge is 2.26. The summed E-state index contributed by atoms with van der Waals surface area (Å²) < 4.78 is 44.9. The maximum Gasteiger partial charge on any atom is 0.266 e. The van der Waals surface area contributed by atoms with E-state index < -0.39 is 15.8 Å². The number of fused-ring (bicyclic) bond motifs is 1. The van der Waals surface area contributed by atoms with Gasteiger partial charge in [0.1, 0.15) is 10.7 Å². The molecule has 0 saturated carbocycles. The molecule has 0 radical (unpaired) electrons. The minimum Gasteiger partial charge on any atom is -0.379 e. The number of hydrogen-bond donors (Lipinski definition) is 2. The Labute approximate surface area is 128 Å². The zero-order valence-electron chi connectivity index (χ0n) is 11.9. The molecule has 2 N–H and O–H groups in total. The van der Waals surface area contributed by atoms with Crippen molar-refractivity contribution in [2.24, 2.45) is 4.99 Å². The van der Waals surface area contributed by atoms with Gasteiger partial charge >= 0.3 is 0 Å². The van der Waals surface area contributed by atoms with Gasteiger partial charge in [-0.15, -0.1) is 0 Å². The Morgan fingerprint density at radius 2 is 2.09 bits per heavy atom. The van der Waals surface area contributed by atoms with E-state index in [9.17, 15) is 12.8 Å². The van der Waals surface area contributed by atoms with Crippen molar-refractivity contribution in [3.63, 3.8) is 0 Å². The molecule has 2 heterocycles. The summed E-state index contributed by atoms with van der Waals surface area (Å²) in [5.74, 6) is -0.439. The highest BCUT2D eigenvalue weighted by atomic mass is 32.2. The second kappa shape index (κ2) is 6.19. The highest BCUT2D eigenvalue weighted by Crippen LogP contribution is 2.25. The fourth-order valence-corrected chi connectivity index (χ4v) is 3.51. The van der Waals surface area contributed by atoms with Gasteiger partial charge in [-0.3, -0.25) is 9.89 Å². The monoisotopic (exact) mass is 328 g/mol. The summed E-state index contributed by atoms with van der Waals surface area (Å²) in [6, 6.07) is 3.58. The van der Waals surface area contributed by atoms with Crippen LogP contribution >= 0.6 is 0 Å². The van der Waals surface area contributed by atoms with Crippen LogP contribution in [0.1, 0.15) is 0 Å². The molecule has 7 nitrogen and oxygen atoms in total. The number of halogens is 1. The first kappa shape index (κ1) is 15.2. The molecule has 1 fully saturated rings. The number of rotatable bonds is 3. The second-order valence-electron chi connectivity index (χ2n) is 5.06. The van der Waals surface area contributed by atoms with Crippen LogP contribution in [0, 0.1) is 5.82 Å². The molecule has 2 aliphatic heterocycles. The molecule has 0 bridgehead atoms. The Morgan fingerprint density at radius 1 is 1.32 bits per heavy atom. The number of hydrogen-bond acceptors (Lipinski definition) is 5. The van der Waals surface area contributed by atoms with Crippen molar-refractivity contribution < 1.29 is 17.5 Å². The lowest BCUT2D eigenvalue weighted by molar-refractivity contribution is 0.0394. The van der Waals surface area contributed by atoms with Crippen LogP contribution in [0.15, 0.2) is 28.1 Å². The van der Waals surface area contributed by atoms with Gasteiger partial charge in [-0.05, 0) is 18.2 Å². The van der Waals surface area contributed by atoms with Gasteiger partial charge in [-0.1, -0.05) is 0 Å². The van der Waals surface area contributed by atoms with Crippen LogP contribution in [0.4, 0.5) is 10.1 Å². The van der Waals surface area contributed by atoms with Crippen molar-refractivity contribution in [2.45, 2.75) is 4.90 Å². The van der Waals surface area contributed by atoms with Gasteiger partial charge in [-0.2, -0.15) is 0 Å². The minimum absolute atomic E-state index is 0.111. The third-order valence-corrected chi connectivity index (χ3v) is 4.89. The van der Waals surface area contributed by atoms with E-state index in [-0.39, 0.29) is 10.9 Å². The number of aliphatic imine (C=N–C) groups is 1. The number of sulfonamides is 1. The van der Waals surface area contributed by atoms with Crippen molar-refractivity contribution in [3.05, 3.63) is 24.0 Å². The molecular weight excluding hydrogens is 311 g/mol. The maximum absolute atomic E-state index is 13.2. The molecule has 0 unspecified atom stereocenters. The first-order valence-corrected chi connectivity index (χ1v) is 8.47. The Hall–Kier alpha value is -1.71. The lowest BCUT2D eigenvalue weighted by Gasteiger charge is -2.26. The normalized spacial score (nSPS) is 22.7. The van der Waals surface area contributed by atoms with Crippen molar-refractivity contribution in [3.8, 4) is 0 Å². The summed E-state index contributed by atoms with van der Waals surface area (Å²) in [4.78, 5) is 6.32. The number of morpholine rings is 1. The van der Waals surface area contributed by atoms with Crippen molar-refractivity contribution in [2.75, 3.05) is 44.7 Å². The van der Waals surface area contributed by atoms with E-state index in [2.05, 4.69) is 19.9 Å². The number of guanidine groups is 1. The van der Waals surface area contributed by atoms with Gasteiger partial charge < -0.3 is 10.1 Å². The van der Waals surface area contributed by atoms with Crippen LogP contribution in [-0.2, 0) is 14.8 Å². The average Bonchev–Trinajstić information content (AvgIpc) is 2.49. The van der Waals surface area contributed by atoms with Crippen molar-refractivity contribution >= 4 is 21.7 Å². The lowest BCUT2D eigenvalue weighted by Crippen LogP contribution is -2.42. The maximum atomic E-state index is 13.2. The van der Waals surface area contributed by atoms with Crippen LogP contribution in [0.5, 0.6) is 0 Å². The largest absolute Gasteiger partial charge is 0.379 e. The number of nitrogens with one attached hydrogen (secondary N) is 2. The molecular formula is C13H17FN4O3S. The standard InChI is InChI=1S/C13H17FN4O3S/c14-10-1-2-11-12(9-10)22(19,20)17-13(16-11)15-3-4-18-5-7-21-8-6-18/h1-2,9H,3-8H2,(H2,15,16,17). The predicted molar refractivity (Wildman–Crippen MR) is 79.9 cm³/mol. The summed E-state index contributed by atoms with van der Waals surface area (Å²) in [6.07, 6.45) is 0. The van der Waals surface area contributed by atoms with Crippen LogP contribution in [0.3, 0.4) is 0 Å². The smallest absolute Gasteiger partial charge is 0.266 e. The molecule has 22 heavy (non-hydrogen) atoms. The molecule has 1 aromatic carbocycles. The first-order chi connectivity index (χ1) is 10.5. The van der Waals surface area contributed by atoms with Crippen LogP contribution in [0.25, 0.3) is 0 Å². The molecule has 3 rings (SSSR count). The molecule has 0 aliphatic carbocycles. The van der Waals surface area contributed by atoms with Gasteiger partial charge in [0, 0.05) is 19.6 Å². The number of ether oxygens (including phenoxy) is 1. The second-order valence-corrected chi connectivity index (χ2v) is 6.71. The third-order valence-electron chi connectivity index (χ3n) is 3.51. The van der Waals surface area contributed by atoms with E-state index >= 15 is 0 Å².